The van der Waals surface area contributed by atoms with Gasteiger partial charge in [-0.25, -0.2) is 17.2 Å². The Morgan fingerprint density at radius 1 is 0.800 bits per heavy atom. The lowest BCUT2D eigenvalue weighted by Crippen LogP contribution is -2.54. The molecule has 4 rings (SSSR count). The first-order valence-electron chi connectivity index (χ1n) is 14.7. The smallest absolute Gasteiger partial charge is 0.264 e. The molecule has 0 saturated heterocycles. The number of carbonyl (C=O) groups is 2. The zero-order valence-corrected chi connectivity index (χ0v) is 26.3. The zero-order valence-electron chi connectivity index (χ0n) is 25.5. The Morgan fingerprint density at radius 2 is 1.38 bits per heavy atom. The van der Waals surface area contributed by atoms with Crippen LogP contribution in [0.25, 0.3) is 0 Å². The Balaban J connectivity index is 1.80. The van der Waals surface area contributed by atoms with Gasteiger partial charge in [-0.15, -0.1) is 0 Å². The summed E-state index contributed by atoms with van der Waals surface area (Å²) in [5.41, 5.74) is 2.46. The molecule has 7 nitrogen and oxygen atoms in total. The molecule has 0 fully saturated rings. The van der Waals surface area contributed by atoms with E-state index < -0.39 is 46.1 Å². The van der Waals surface area contributed by atoms with E-state index in [0.29, 0.717) is 12.0 Å². The first kappa shape index (κ1) is 33.3. The SMILES string of the molecule is CC[C@H](C)NC(=O)[C@@H](Cc1ccccc1)N(Cc1ccc(F)cc1)C(=O)CN(c1ccc(C)cc1)S(=O)(=O)c1ccc(F)cc1. The Hall–Kier alpha value is -4.57. The van der Waals surface area contributed by atoms with Crippen LogP contribution in [0.15, 0.2) is 108 Å². The van der Waals surface area contributed by atoms with Crippen molar-refractivity contribution >= 4 is 27.5 Å². The highest BCUT2D eigenvalue weighted by atomic mass is 32.2. The Morgan fingerprint density at radius 3 is 1.96 bits per heavy atom. The second kappa shape index (κ2) is 14.9. The highest BCUT2D eigenvalue weighted by Gasteiger charge is 2.35. The number of sulfonamides is 1. The second-order valence-corrected chi connectivity index (χ2v) is 12.8. The van der Waals surface area contributed by atoms with Crippen molar-refractivity contribution < 1.29 is 26.8 Å². The van der Waals surface area contributed by atoms with Gasteiger partial charge in [0.1, 0.15) is 24.2 Å². The topological polar surface area (TPSA) is 86.8 Å². The molecule has 0 aliphatic heterocycles. The molecule has 0 heterocycles. The van der Waals surface area contributed by atoms with Crippen LogP contribution < -0.4 is 9.62 Å². The van der Waals surface area contributed by atoms with E-state index in [1.807, 2.05) is 51.1 Å². The van der Waals surface area contributed by atoms with E-state index in [4.69, 9.17) is 0 Å². The van der Waals surface area contributed by atoms with E-state index in [2.05, 4.69) is 5.32 Å². The van der Waals surface area contributed by atoms with Gasteiger partial charge in [-0.1, -0.05) is 67.1 Å². The fraction of sp³-hybridized carbons (Fsp3) is 0.257. The molecule has 0 aliphatic carbocycles. The predicted molar refractivity (Wildman–Crippen MR) is 171 cm³/mol. The van der Waals surface area contributed by atoms with Gasteiger partial charge in [0, 0.05) is 19.0 Å². The van der Waals surface area contributed by atoms with Gasteiger partial charge in [-0.05, 0) is 79.9 Å². The molecule has 10 heteroatoms. The van der Waals surface area contributed by atoms with Crippen molar-refractivity contribution in [2.45, 2.75) is 57.1 Å². The van der Waals surface area contributed by atoms with E-state index in [1.54, 1.807) is 24.3 Å². The summed E-state index contributed by atoms with van der Waals surface area (Å²) in [5.74, 6) is -2.10. The van der Waals surface area contributed by atoms with Crippen LogP contribution in [0, 0.1) is 18.6 Å². The maximum absolute atomic E-state index is 14.4. The van der Waals surface area contributed by atoms with Gasteiger partial charge in [0.05, 0.1) is 10.6 Å². The molecule has 1 N–H and O–H groups in total. The minimum absolute atomic E-state index is 0.0805. The van der Waals surface area contributed by atoms with Gasteiger partial charge >= 0.3 is 0 Å². The van der Waals surface area contributed by atoms with Gasteiger partial charge in [0.15, 0.2) is 0 Å². The molecule has 0 bridgehead atoms. The molecule has 2 amide bonds. The van der Waals surface area contributed by atoms with Crippen LogP contribution in [0.5, 0.6) is 0 Å². The first-order chi connectivity index (χ1) is 21.5. The molecule has 45 heavy (non-hydrogen) atoms. The van der Waals surface area contributed by atoms with Crippen molar-refractivity contribution in [2.75, 3.05) is 10.8 Å². The third-order valence-electron chi connectivity index (χ3n) is 7.54. The van der Waals surface area contributed by atoms with Crippen LogP contribution in [0.1, 0.15) is 37.0 Å². The third kappa shape index (κ3) is 8.76. The van der Waals surface area contributed by atoms with Crippen LogP contribution in [0.4, 0.5) is 14.5 Å². The zero-order chi connectivity index (χ0) is 32.6. The van der Waals surface area contributed by atoms with E-state index in [9.17, 15) is 26.8 Å². The average Bonchev–Trinajstić information content (AvgIpc) is 3.03. The van der Waals surface area contributed by atoms with Crippen molar-refractivity contribution in [3.63, 3.8) is 0 Å². The van der Waals surface area contributed by atoms with Crippen LogP contribution >= 0.6 is 0 Å². The van der Waals surface area contributed by atoms with Gasteiger partial charge < -0.3 is 10.2 Å². The molecule has 0 aromatic heterocycles. The molecule has 2 atom stereocenters. The van der Waals surface area contributed by atoms with Gasteiger partial charge in [0.25, 0.3) is 10.0 Å². The van der Waals surface area contributed by atoms with Crippen LogP contribution in [0.2, 0.25) is 0 Å². The van der Waals surface area contributed by atoms with Gasteiger partial charge in [-0.2, -0.15) is 0 Å². The fourth-order valence-corrected chi connectivity index (χ4v) is 6.17. The summed E-state index contributed by atoms with van der Waals surface area (Å²) >= 11 is 0. The number of rotatable bonds is 13. The van der Waals surface area contributed by atoms with Crippen LogP contribution in [0.3, 0.4) is 0 Å². The standard InChI is InChI=1S/C35H37F2N3O4S/c1-4-26(3)38-35(42)33(22-27-8-6-5-7-9-27)39(23-28-12-14-29(36)15-13-28)34(41)24-40(31-18-10-25(2)11-19-31)45(43,44)32-20-16-30(37)17-21-32/h5-21,26,33H,4,22-24H2,1-3H3,(H,38,42)/t26-,33+/m0/s1. The summed E-state index contributed by atoms with van der Waals surface area (Å²) < 4.78 is 56.4. The molecule has 0 unspecified atom stereocenters. The number of amides is 2. The lowest BCUT2D eigenvalue weighted by atomic mass is 10.0. The van der Waals surface area contributed by atoms with E-state index in [1.165, 1.54) is 29.2 Å². The summed E-state index contributed by atoms with van der Waals surface area (Å²) in [5, 5.41) is 2.97. The van der Waals surface area contributed by atoms with Crippen molar-refractivity contribution in [1.29, 1.82) is 0 Å². The summed E-state index contributed by atoms with van der Waals surface area (Å²) in [4.78, 5) is 29.4. The van der Waals surface area contributed by atoms with Crippen molar-refractivity contribution in [3.8, 4) is 0 Å². The average molecular weight is 634 g/mol. The van der Waals surface area contributed by atoms with E-state index >= 15 is 0 Å². The summed E-state index contributed by atoms with van der Waals surface area (Å²) in [7, 11) is -4.35. The molecule has 0 spiro atoms. The Bertz CT molecular complexity index is 1680. The third-order valence-corrected chi connectivity index (χ3v) is 9.33. The van der Waals surface area contributed by atoms with Crippen LogP contribution in [-0.4, -0.2) is 43.8 Å². The largest absolute Gasteiger partial charge is 0.352 e. The van der Waals surface area contributed by atoms with Crippen molar-refractivity contribution in [2.24, 2.45) is 0 Å². The fourth-order valence-electron chi connectivity index (χ4n) is 4.76. The molecule has 4 aromatic rings. The number of halogens is 2. The molecule has 0 aliphatic rings. The Kier molecular flexibility index (Phi) is 11.1. The monoisotopic (exact) mass is 633 g/mol. The molecule has 4 aromatic carbocycles. The maximum Gasteiger partial charge on any atom is 0.264 e. The second-order valence-electron chi connectivity index (χ2n) is 11.0. The van der Waals surface area contributed by atoms with Crippen molar-refractivity contribution in [1.82, 2.24) is 10.2 Å². The lowest BCUT2D eigenvalue weighted by Gasteiger charge is -2.34. The van der Waals surface area contributed by atoms with E-state index in [0.717, 1.165) is 39.7 Å². The molecule has 0 radical (unpaired) electrons. The summed E-state index contributed by atoms with van der Waals surface area (Å²) in [6, 6.07) is 24.6. The molecule has 236 valence electrons. The quantitative estimate of drug-likeness (QED) is 0.195. The number of benzene rings is 4. The molecular weight excluding hydrogens is 596 g/mol. The number of aryl methyl sites for hydroxylation is 1. The Labute approximate surface area is 263 Å². The minimum atomic E-state index is -4.35. The number of hydrogen-bond donors (Lipinski definition) is 1. The highest BCUT2D eigenvalue weighted by molar-refractivity contribution is 7.92. The van der Waals surface area contributed by atoms with Crippen molar-refractivity contribution in [3.05, 3.63) is 131 Å². The number of anilines is 1. The summed E-state index contributed by atoms with van der Waals surface area (Å²) in [6.07, 6.45) is 0.818. The minimum Gasteiger partial charge on any atom is -0.352 e. The predicted octanol–water partition coefficient (Wildman–Crippen LogP) is 6.02. The number of hydrogen-bond acceptors (Lipinski definition) is 4. The number of nitrogens with one attached hydrogen (secondary N) is 1. The van der Waals surface area contributed by atoms with E-state index in [-0.39, 0.29) is 29.6 Å². The first-order valence-corrected chi connectivity index (χ1v) is 16.1. The maximum atomic E-state index is 14.4. The van der Waals surface area contributed by atoms with Gasteiger partial charge in [0.2, 0.25) is 11.8 Å². The highest BCUT2D eigenvalue weighted by Crippen LogP contribution is 2.26. The lowest BCUT2D eigenvalue weighted by molar-refractivity contribution is -0.140. The summed E-state index contributed by atoms with van der Waals surface area (Å²) in [6.45, 7) is 4.91. The van der Waals surface area contributed by atoms with Crippen LogP contribution in [-0.2, 0) is 32.6 Å². The number of carbonyl (C=O) groups excluding carboxylic acids is 2. The van der Waals surface area contributed by atoms with Gasteiger partial charge in [-0.3, -0.25) is 13.9 Å². The number of nitrogens with zero attached hydrogens (tertiary/aromatic N) is 2. The molecule has 0 saturated carbocycles. The normalized spacial score (nSPS) is 12.6. The molecular formula is C35H37F2N3O4S.